The molecule has 0 amide bonds. The van der Waals surface area contributed by atoms with E-state index in [0.29, 0.717) is 5.69 Å². The quantitative estimate of drug-likeness (QED) is 0.879. The van der Waals surface area contributed by atoms with Crippen LogP contribution in [-0.2, 0) is 16.6 Å². The van der Waals surface area contributed by atoms with E-state index in [1.807, 2.05) is 24.3 Å². The summed E-state index contributed by atoms with van der Waals surface area (Å²) in [5.74, 6) is 0. The van der Waals surface area contributed by atoms with E-state index in [1.54, 1.807) is 26.4 Å². The first kappa shape index (κ1) is 15.9. The summed E-state index contributed by atoms with van der Waals surface area (Å²) in [6, 6.07) is 9.18. The number of rotatable bonds is 5. The average molecular weight is 370 g/mol. The van der Waals surface area contributed by atoms with Gasteiger partial charge in [0.25, 0.3) is 0 Å². The van der Waals surface area contributed by atoms with Gasteiger partial charge in [0.05, 0.1) is 5.69 Å². The van der Waals surface area contributed by atoms with Crippen LogP contribution in [0.1, 0.15) is 5.56 Å². The van der Waals surface area contributed by atoms with Crippen molar-refractivity contribution in [1.29, 1.82) is 0 Å². The normalized spacial score (nSPS) is 11.6. The summed E-state index contributed by atoms with van der Waals surface area (Å²) in [7, 11) is -0.370. The van der Waals surface area contributed by atoms with Crippen LogP contribution in [0.4, 0.5) is 5.69 Å². The van der Waals surface area contributed by atoms with Crippen LogP contribution in [0.5, 0.6) is 0 Å². The molecule has 0 fully saturated rings. The Morgan fingerprint density at radius 1 is 1.29 bits per heavy atom. The highest BCUT2D eigenvalue weighted by atomic mass is 79.9. The molecule has 2 rings (SSSR count). The molecule has 1 aromatic carbocycles. The maximum Gasteiger partial charge on any atom is 0.246 e. The predicted octanol–water partition coefficient (Wildman–Crippen LogP) is 2.71. The van der Waals surface area contributed by atoms with Crippen molar-refractivity contribution in [3.63, 3.8) is 0 Å². The van der Waals surface area contributed by atoms with E-state index >= 15 is 0 Å². The van der Waals surface area contributed by atoms with Gasteiger partial charge in [-0.25, -0.2) is 8.42 Å². The number of anilines is 1. The molecule has 21 heavy (non-hydrogen) atoms. The lowest BCUT2D eigenvalue weighted by molar-refractivity contribution is 0.466. The number of hydrogen-bond donors (Lipinski definition) is 1. The van der Waals surface area contributed by atoms with Crippen LogP contribution >= 0.6 is 15.9 Å². The van der Waals surface area contributed by atoms with Gasteiger partial charge in [-0.1, -0.05) is 34.1 Å². The molecule has 1 heterocycles. The van der Waals surface area contributed by atoms with E-state index in [-0.39, 0.29) is 11.4 Å². The van der Waals surface area contributed by atoms with E-state index < -0.39 is 10.0 Å². The maximum absolute atomic E-state index is 12.7. The number of nitrogens with zero attached hydrogens (tertiary/aromatic N) is 2. The van der Waals surface area contributed by atoms with Crippen molar-refractivity contribution in [2.75, 3.05) is 19.4 Å². The Bertz CT molecular complexity index is 735. The Morgan fingerprint density at radius 3 is 2.67 bits per heavy atom. The first-order chi connectivity index (χ1) is 9.96. The summed E-state index contributed by atoms with van der Waals surface area (Å²) < 4.78 is 27.5. The fraction of sp³-hybridized carbons (Fsp3) is 0.214. The van der Waals surface area contributed by atoms with Crippen LogP contribution in [0.2, 0.25) is 0 Å². The van der Waals surface area contributed by atoms with Gasteiger partial charge in [0.15, 0.2) is 0 Å². The topological polar surface area (TPSA) is 62.3 Å². The van der Waals surface area contributed by atoms with Crippen molar-refractivity contribution in [1.82, 2.24) is 9.29 Å². The molecule has 0 aliphatic carbocycles. The second-order valence-corrected chi connectivity index (χ2v) is 7.34. The standard InChI is InChI=1S/C14H16BrN3O2S/c1-16-13-7-8-17-9-14(13)21(19,20)18(2)10-11-5-3-4-6-12(11)15/h3-9H,10H2,1-2H3,(H,16,17). The van der Waals surface area contributed by atoms with Gasteiger partial charge in [0.1, 0.15) is 4.90 Å². The average Bonchev–Trinajstić information content (AvgIpc) is 2.49. The summed E-state index contributed by atoms with van der Waals surface area (Å²) in [6.07, 6.45) is 2.91. The number of nitrogens with one attached hydrogen (secondary N) is 1. The molecule has 2 aromatic rings. The van der Waals surface area contributed by atoms with Gasteiger partial charge in [0, 0.05) is 37.5 Å². The zero-order valence-corrected chi connectivity index (χ0v) is 14.1. The molecule has 1 aromatic heterocycles. The predicted molar refractivity (Wildman–Crippen MR) is 86.6 cm³/mol. The van der Waals surface area contributed by atoms with E-state index in [1.165, 1.54) is 10.5 Å². The van der Waals surface area contributed by atoms with Gasteiger partial charge in [-0.3, -0.25) is 4.98 Å². The highest BCUT2D eigenvalue weighted by molar-refractivity contribution is 9.10. The third-order valence-electron chi connectivity index (χ3n) is 3.09. The largest absolute Gasteiger partial charge is 0.387 e. The molecule has 0 aliphatic rings. The second kappa shape index (κ2) is 6.55. The first-order valence-corrected chi connectivity index (χ1v) is 8.51. The molecule has 7 heteroatoms. The summed E-state index contributed by atoms with van der Waals surface area (Å²) >= 11 is 3.43. The molecule has 0 saturated carbocycles. The number of benzene rings is 1. The monoisotopic (exact) mass is 369 g/mol. The Labute approximate surface area is 133 Å². The van der Waals surface area contributed by atoms with Crippen LogP contribution in [0.25, 0.3) is 0 Å². The van der Waals surface area contributed by atoms with E-state index in [4.69, 9.17) is 0 Å². The molecule has 5 nitrogen and oxygen atoms in total. The molecule has 0 atom stereocenters. The lowest BCUT2D eigenvalue weighted by Gasteiger charge is -2.19. The molecule has 0 aliphatic heterocycles. The third-order valence-corrected chi connectivity index (χ3v) is 5.70. The maximum atomic E-state index is 12.7. The SMILES string of the molecule is CNc1ccncc1S(=O)(=O)N(C)Cc1ccccc1Br. The molecule has 0 bridgehead atoms. The first-order valence-electron chi connectivity index (χ1n) is 6.28. The summed E-state index contributed by atoms with van der Waals surface area (Å²) in [4.78, 5) is 4.08. The van der Waals surface area contributed by atoms with Crippen LogP contribution in [-0.4, -0.2) is 31.8 Å². The zero-order valence-electron chi connectivity index (χ0n) is 11.7. The summed E-state index contributed by atoms with van der Waals surface area (Å²) in [5.41, 5.74) is 1.43. The minimum atomic E-state index is -3.61. The minimum absolute atomic E-state index is 0.169. The van der Waals surface area contributed by atoms with Crippen molar-refractivity contribution in [3.8, 4) is 0 Å². The molecule has 0 spiro atoms. The van der Waals surface area contributed by atoms with Crippen LogP contribution in [0.3, 0.4) is 0 Å². The van der Waals surface area contributed by atoms with Gasteiger partial charge in [-0.2, -0.15) is 4.31 Å². The Balaban J connectivity index is 2.33. The lowest BCUT2D eigenvalue weighted by atomic mass is 10.2. The fourth-order valence-electron chi connectivity index (χ4n) is 1.91. The highest BCUT2D eigenvalue weighted by Crippen LogP contribution is 2.25. The van der Waals surface area contributed by atoms with Gasteiger partial charge < -0.3 is 5.32 Å². The van der Waals surface area contributed by atoms with E-state index in [2.05, 4.69) is 26.2 Å². The van der Waals surface area contributed by atoms with Gasteiger partial charge in [0.2, 0.25) is 10.0 Å². The molecule has 0 saturated heterocycles. The number of aromatic nitrogens is 1. The smallest absolute Gasteiger partial charge is 0.246 e. The van der Waals surface area contributed by atoms with E-state index in [0.717, 1.165) is 10.0 Å². The van der Waals surface area contributed by atoms with Gasteiger partial charge in [-0.15, -0.1) is 0 Å². The minimum Gasteiger partial charge on any atom is -0.387 e. The third kappa shape index (κ3) is 3.42. The summed E-state index contributed by atoms with van der Waals surface area (Å²) in [5, 5.41) is 2.88. The molecule has 0 unspecified atom stereocenters. The summed E-state index contributed by atoms with van der Waals surface area (Å²) in [6.45, 7) is 0.280. The Morgan fingerprint density at radius 2 is 2.00 bits per heavy atom. The van der Waals surface area contributed by atoms with Crippen molar-refractivity contribution < 1.29 is 8.42 Å². The number of hydrogen-bond acceptors (Lipinski definition) is 4. The van der Waals surface area contributed by atoms with Crippen LogP contribution < -0.4 is 5.32 Å². The highest BCUT2D eigenvalue weighted by Gasteiger charge is 2.24. The molecular weight excluding hydrogens is 354 g/mol. The molecule has 0 radical (unpaired) electrons. The number of pyridine rings is 1. The van der Waals surface area contributed by atoms with Crippen LogP contribution in [0, 0.1) is 0 Å². The second-order valence-electron chi connectivity index (χ2n) is 4.47. The van der Waals surface area contributed by atoms with Gasteiger partial charge >= 0.3 is 0 Å². The van der Waals surface area contributed by atoms with Crippen molar-refractivity contribution in [3.05, 3.63) is 52.8 Å². The molecule has 1 N–H and O–H groups in total. The van der Waals surface area contributed by atoms with Crippen LogP contribution in [0.15, 0.2) is 52.1 Å². The van der Waals surface area contributed by atoms with Crippen molar-refractivity contribution in [2.24, 2.45) is 0 Å². The van der Waals surface area contributed by atoms with Crippen molar-refractivity contribution >= 4 is 31.6 Å². The molecule has 112 valence electrons. The number of sulfonamides is 1. The Kier molecular flexibility index (Phi) is 4.97. The lowest BCUT2D eigenvalue weighted by Crippen LogP contribution is -2.27. The zero-order chi connectivity index (χ0) is 15.5. The van der Waals surface area contributed by atoms with Gasteiger partial charge in [-0.05, 0) is 17.7 Å². The Hall–Kier alpha value is -1.44. The van der Waals surface area contributed by atoms with E-state index in [9.17, 15) is 8.42 Å². The van der Waals surface area contributed by atoms with Crippen molar-refractivity contribution in [2.45, 2.75) is 11.4 Å². The number of halogens is 1. The fourth-order valence-corrected chi connectivity index (χ4v) is 3.61. The molecular formula is C14H16BrN3O2S.